The lowest BCUT2D eigenvalue weighted by Gasteiger charge is -2.22. The first-order valence-electron chi connectivity index (χ1n) is 13.7. The lowest BCUT2D eigenvalue weighted by molar-refractivity contribution is 0.660. The van der Waals surface area contributed by atoms with Crippen molar-refractivity contribution in [2.45, 2.75) is 19.3 Å². The van der Waals surface area contributed by atoms with Crippen molar-refractivity contribution in [2.75, 3.05) is 0 Å². The summed E-state index contributed by atoms with van der Waals surface area (Å²) in [7, 11) is 0. The predicted octanol–water partition coefficient (Wildman–Crippen LogP) is 11.1. The molecule has 0 fully saturated rings. The Hall–Kier alpha value is -4.18. The Morgan fingerprint density at radius 2 is 1.43 bits per heavy atom. The number of nitrogens with zero attached hydrogens (tertiary/aromatic N) is 1. The van der Waals surface area contributed by atoms with E-state index in [1.807, 2.05) is 11.3 Å². The number of para-hydroxylation sites is 1. The Morgan fingerprint density at radius 1 is 0.625 bits per heavy atom. The summed E-state index contributed by atoms with van der Waals surface area (Å²) in [5.41, 5.74) is 11.7. The molecule has 0 saturated heterocycles. The van der Waals surface area contributed by atoms with Gasteiger partial charge in [-0.25, -0.2) is 0 Å². The average molecular weight is 550 g/mol. The number of fused-ring (bicyclic) bond motifs is 6. The van der Waals surface area contributed by atoms with E-state index in [1.165, 1.54) is 70.6 Å². The van der Waals surface area contributed by atoms with Crippen LogP contribution in [0.4, 0.5) is 0 Å². The first-order valence-corrected chi connectivity index (χ1v) is 15.4. The number of thiophene rings is 2. The van der Waals surface area contributed by atoms with Crippen LogP contribution in [0.15, 0.2) is 114 Å². The third-order valence-electron chi connectivity index (χ3n) is 8.43. The summed E-state index contributed by atoms with van der Waals surface area (Å²) in [5, 5.41) is 6.94. The monoisotopic (exact) mass is 549 g/mol. The molecule has 0 radical (unpaired) electrons. The number of benzene rings is 4. The normalized spacial score (nSPS) is 13.8. The summed E-state index contributed by atoms with van der Waals surface area (Å²) >= 11 is 3.59. The summed E-state index contributed by atoms with van der Waals surface area (Å²) in [6, 6.07) is 38.1. The smallest absolute Gasteiger partial charge is 0.0547 e. The van der Waals surface area contributed by atoms with Crippen molar-refractivity contribution in [2.24, 2.45) is 0 Å². The number of hydrogen-bond acceptors (Lipinski definition) is 2. The van der Waals surface area contributed by atoms with E-state index in [1.54, 1.807) is 11.3 Å². The van der Waals surface area contributed by atoms with E-state index in [9.17, 15) is 0 Å². The molecule has 0 unspecified atom stereocenters. The Morgan fingerprint density at radius 3 is 2.33 bits per heavy atom. The Bertz CT molecular complexity index is 2080. The molecule has 0 bridgehead atoms. The summed E-state index contributed by atoms with van der Waals surface area (Å²) in [6.07, 6.45) is 4.49. The molecule has 1 nitrogen and oxygen atoms in total. The van der Waals surface area contributed by atoms with Gasteiger partial charge in [-0.05, 0) is 81.1 Å². The predicted molar refractivity (Wildman–Crippen MR) is 175 cm³/mol. The first kappa shape index (κ1) is 23.7. The van der Waals surface area contributed by atoms with E-state index < -0.39 is 0 Å². The molecule has 0 spiro atoms. The lowest BCUT2D eigenvalue weighted by Crippen LogP contribution is -2.15. The molecule has 3 aromatic heterocycles. The van der Waals surface area contributed by atoms with Crippen molar-refractivity contribution < 1.29 is 0 Å². The van der Waals surface area contributed by atoms with Crippen molar-refractivity contribution >= 4 is 56.6 Å². The zero-order valence-electron chi connectivity index (χ0n) is 22.4. The van der Waals surface area contributed by atoms with Gasteiger partial charge in [0.05, 0.1) is 11.0 Å². The second kappa shape index (κ2) is 8.92. The minimum atomic E-state index is -0.0351. The Kier molecular flexibility index (Phi) is 5.28. The van der Waals surface area contributed by atoms with Crippen LogP contribution in [0.5, 0.6) is 0 Å². The van der Waals surface area contributed by atoms with Gasteiger partial charge in [0.15, 0.2) is 0 Å². The molecule has 0 amide bonds. The summed E-state index contributed by atoms with van der Waals surface area (Å²) in [5.74, 6) is 0. The molecule has 40 heavy (non-hydrogen) atoms. The van der Waals surface area contributed by atoms with Crippen molar-refractivity contribution in [3.63, 3.8) is 0 Å². The third kappa shape index (κ3) is 3.45. The first-order chi connectivity index (χ1) is 19.6. The minimum Gasteiger partial charge on any atom is -0.309 e. The van der Waals surface area contributed by atoms with E-state index in [2.05, 4.69) is 144 Å². The van der Waals surface area contributed by atoms with Crippen LogP contribution in [0.1, 0.15) is 35.4 Å². The van der Waals surface area contributed by atoms with Gasteiger partial charge in [-0.3, -0.25) is 0 Å². The van der Waals surface area contributed by atoms with Gasteiger partial charge in [-0.2, -0.15) is 0 Å². The fourth-order valence-corrected chi connectivity index (χ4v) is 8.08. The van der Waals surface area contributed by atoms with Crippen LogP contribution in [0.3, 0.4) is 0 Å². The zero-order valence-corrected chi connectivity index (χ0v) is 24.0. The fraction of sp³-hybridized carbons (Fsp3) is 0.0811. The van der Waals surface area contributed by atoms with Crippen LogP contribution < -0.4 is 0 Å². The van der Waals surface area contributed by atoms with E-state index >= 15 is 0 Å². The van der Waals surface area contributed by atoms with Gasteiger partial charge in [0.25, 0.3) is 0 Å². The van der Waals surface area contributed by atoms with E-state index in [-0.39, 0.29) is 5.41 Å². The van der Waals surface area contributed by atoms with Gasteiger partial charge in [0, 0.05) is 37.2 Å². The molecule has 192 valence electrons. The van der Waals surface area contributed by atoms with Crippen LogP contribution in [0.25, 0.3) is 61.2 Å². The quantitative estimate of drug-likeness (QED) is 0.206. The molecule has 0 N–H and O–H groups in total. The lowest BCUT2D eigenvalue weighted by atomic mass is 9.82. The molecule has 4 aromatic carbocycles. The highest BCUT2D eigenvalue weighted by molar-refractivity contribution is 7.14. The topological polar surface area (TPSA) is 4.93 Å². The SMILES string of the molecule is CC1(C)c2ccccc2-c2ccc(-n3c4ccccc4c4c(-c5sccc5C=Cc5cccs5)cccc43)cc21. The maximum Gasteiger partial charge on any atom is 0.0547 e. The average Bonchev–Trinajstić information content (AvgIpc) is 3.77. The molecular formula is C37H27NS2. The second-order valence-corrected chi connectivity index (χ2v) is 12.9. The van der Waals surface area contributed by atoms with Crippen molar-refractivity contribution in [1.82, 2.24) is 4.57 Å². The molecule has 3 heteroatoms. The third-order valence-corrected chi connectivity index (χ3v) is 10.2. The molecular weight excluding hydrogens is 523 g/mol. The summed E-state index contributed by atoms with van der Waals surface area (Å²) in [6.45, 7) is 4.71. The summed E-state index contributed by atoms with van der Waals surface area (Å²) < 4.78 is 2.46. The van der Waals surface area contributed by atoms with Gasteiger partial charge < -0.3 is 4.57 Å². The number of hydrogen-bond donors (Lipinski definition) is 0. The molecule has 0 aliphatic heterocycles. The fourth-order valence-electron chi connectivity index (χ4n) is 6.55. The highest BCUT2D eigenvalue weighted by Crippen LogP contribution is 2.50. The van der Waals surface area contributed by atoms with E-state index in [0.29, 0.717) is 0 Å². The number of aromatic nitrogens is 1. The standard InChI is InChI=1S/C37H27NS2/c1-37(2)31-13-5-3-10-27(31)28-19-17-25(23-32(28)37)38-33-14-6-4-11-29(33)35-30(12-7-15-34(35)38)36-24(20-22-40-36)16-18-26-9-8-21-39-26/h3-23H,1-2H3. The van der Waals surface area contributed by atoms with Crippen LogP contribution in [0, 0.1) is 0 Å². The van der Waals surface area contributed by atoms with Crippen LogP contribution in [0.2, 0.25) is 0 Å². The summed E-state index contributed by atoms with van der Waals surface area (Å²) in [4.78, 5) is 2.58. The van der Waals surface area contributed by atoms with Crippen molar-refractivity contribution in [3.05, 3.63) is 135 Å². The van der Waals surface area contributed by atoms with E-state index in [4.69, 9.17) is 0 Å². The zero-order chi connectivity index (χ0) is 26.8. The van der Waals surface area contributed by atoms with Gasteiger partial charge in [-0.15, -0.1) is 22.7 Å². The number of rotatable bonds is 4. The molecule has 3 heterocycles. The highest BCUT2D eigenvalue weighted by Gasteiger charge is 2.35. The molecule has 0 atom stereocenters. The largest absolute Gasteiger partial charge is 0.309 e. The Labute approximate surface area is 242 Å². The molecule has 1 aliphatic carbocycles. The highest BCUT2D eigenvalue weighted by atomic mass is 32.1. The minimum absolute atomic E-state index is 0.0351. The second-order valence-electron chi connectivity index (χ2n) is 11.0. The molecule has 0 saturated carbocycles. The van der Waals surface area contributed by atoms with Gasteiger partial charge >= 0.3 is 0 Å². The van der Waals surface area contributed by atoms with E-state index in [0.717, 1.165) is 0 Å². The van der Waals surface area contributed by atoms with Crippen LogP contribution >= 0.6 is 22.7 Å². The van der Waals surface area contributed by atoms with Crippen molar-refractivity contribution in [1.29, 1.82) is 0 Å². The van der Waals surface area contributed by atoms with Crippen LogP contribution in [-0.4, -0.2) is 4.57 Å². The molecule has 1 aliphatic rings. The van der Waals surface area contributed by atoms with Gasteiger partial charge in [0.2, 0.25) is 0 Å². The molecule has 8 rings (SSSR count). The van der Waals surface area contributed by atoms with Gasteiger partial charge in [-0.1, -0.05) is 86.7 Å². The van der Waals surface area contributed by atoms with Crippen LogP contribution in [-0.2, 0) is 5.41 Å². The van der Waals surface area contributed by atoms with Gasteiger partial charge in [0.1, 0.15) is 0 Å². The maximum absolute atomic E-state index is 2.46. The van der Waals surface area contributed by atoms with Crippen molar-refractivity contribution in [3.8, 4) is 27.3 Å². The maximum atomic E-state index is 2.46. The Balaban J connectivity index is 1.35. The molecule has 7 aromatic rings.